The van der Waals surface area contributed by atoms with Crippen molar-refractivity contribution in [3.8, 4) is 11.5 Å². The normalized spacial score (nSPS) is 13.7. The first-order valence-electron chi connectivity index (χ1n) is 10.1. The van der Waals surface area contributed by atoms with Crippen LogP contribution in [0.5, 0.6) is 11.5 Å². The number of carbonyl (C=O) groups excluding carboxylic acids is 2. The molecule has 6 nitrogen and oxygen atoms in total. The fourth-order valence-electron chi connectivity index (χ4n) is 3.84. The van der Waals surface area contributed by atoms with Gasteiger partial charge < -0.3 is 14.8 Å². The minimum absolute atomic E-state index is 0.130. The molecule has 1 aliphatic rings. The highest BCUT2D eigenvalue weighted by Crippen LogP contribution is 2.35. The minimum atomic E-state index is -0.354. The number of imide groups is 1. The fourth-order valence-corrected chi connectivity index (χ4v) is 4.61. The van der Waals surface area contributed by atoms with Crippen molar-refractivity contribution in [2.45, 2.75) is 20.4 Å². The number of rotatable bonds is 7. The highest BCUT2D eigenvalue weighted by Gasteiger charge is 2.39. The van der Waals surface area contributed by atoms with Crippen molar-refractivity contribution in [1.82, 2.24) is 4.90 Å². The Morgan fingerprint density at radius 2 is 1.62 bits per heavy atom. The Kier molecular flexibility index (Phi) is 6.01. The van der Waals surface area contributed by atoms with E-state index >= 15 is 0 Å². The van der Waals surface area contributed by atoms with Crippen molar-refractivity contribution in [1.29, 1.82) is 0 Å². The first kappa shape index (κ1) is 21.6. The Labute approximate surface area is 191 Å². The van der Waals surface area contributed by atoms with Gasteiger partial charge in [0.25, 0.3) is 11.8 Å². The first-order chi connectivity index (χ1) is 15.4. The number of ether oxygens (including phenoxy) is 2. The average Bonchev–Trinajstić information content (AvgIpc) is 3.36. The zero-order chi connectivity index (χ0) is 22.8. The quantitative estimate of drug-likeness (QED) is 0.527. The number of nitrogens with zero attached hydrogens (tertiary/aromatic N) is 1. The van der Waals surface area contributed by atoms with Gasteiger partial charge in [-0.15, -0.1) is 11.3 Å². The minimum Gasteiger partial charge on any atom is -0.493 e. The molecule has 0 unspecified atom stereocenters. The van der Waals surface area contributed by atoms with Gasteiger partial charge in [-0.2, -0.15) is 0 Å². The molecule has 1 aromatic heterocycles. The summed E-state index contributed by atoms with van der Waals surface area (Å²) in [5.74, 6) is 0.459. The van der Waals surface area contributed by atoms with E-state index in [0.29, 0.717) is 22.8 Å². The van der Waals surface area contributed by atoms with Gasteiger partial charge in [-0.25, -0.2) is 0 Å². The molecule has 4 rings (SSSR count). The van der Waals surface area contributed by atoms with Crippen molar-refractivity contribution in [3.05, 3.63) is 81.2 Å². The summed E-state index contributed by atoms with van der Waals surface area (Å²) in [7, 11) is 3.11. The van der Waals surface area contributed by atoms with Gasteiger partial charge in [0.1, 0.15) is 5.70 Å². The molecule has 2 amide bonds. The van der Waals surface area contributed by atoms with Gasteiger partial charge in [0.2, 0.25) is 0 Å². The highest BCUT2D eigenvalue weighted by atomic mass is 32.1. The van der Waals surface area contributed by atoms with Crippen LogP contribution in [0.1, 0.15) is 21.6 Å². The first-order valence-corrected chi connectivity index (χ1v) is 11.0. The van der Waals surface area contributed by atoms with Crippen LogP contribution in [0.4, 0.5) is 5.69 Å². The number of thiophene rings is 1. The number of hydrogen-bond donors (Lipinski definition) is 1. The standard InChI is InChI=1S/C25H24N2O4S/c1-15-10-16(2)12-18(11-15)26-23-22(21-6-5-9-32-21)24(28)27(25(23)29)14-17-7-8-19(30-3)20(13-17)31-4/h5-13,26H,14H2,1-4H3. The second-order valence-electron chi connectivity index (χ2n) is 7.61. The molecule has 2 heterocycles. The molecular weight excluding hydrogens is 424 g/mol. The molecule has 2 aromatic carbocycles. The molecule has 7 heteroatoms. The predicted molar refractivity (Wildman–Crippen MR) is 126 cm³/mol. The van der Waals surface area contributed by atoms with Crippen molar-refractivity contribution in [2.75, 3.05) is 19.5 Å². The molecule has 1 aliphatic heterocycles. The number of benzene rings is 2. The number of anilines is 1. The molecular formula is C25H24N2O4S. The van der Waals surface area contributed by atoms with Gasteiger partial charge in [0, 0.05) is 10.6 Å². The van der Waals surface area contributed by atoms with Crippen LogP contribution in [0.2, 0.25) is 0 Å². The van der Waals surface area contributed by atoms with Gasteiger partial charge in [0.15, 0.2) is 11.5 Å². The summed E-state index contributed by atoms with van der Waals surface area (Å²) in [6.07, 6.45) is 0. The third-order valence-electron chi connectivity index (χ3n) is 5.22. The Balaban J connectivity index is 1.69. The molecule has 32 heavy (non-hydrogen) atoms. The summed E-state index contributed by atoms with van der Waals surface area (Å²) in [4.78, 5) is 28.8. The van der Waals surface area contributed by atoms with E-state index in [9.17, 15) is 9.59 Å². The molecule has 3 aromatic rings. The predicted octanol–water partition coefficient (Wildman–Crippen LogP) is 4.77. The number of nitrogens with one attached hydrogen (secondary N) is 1. The Bertz CT molecular complexity index is 1190. The van der Waals surface area contributed by atoms with E-state index in [1.165, 1.54) is 16.2 Å². The van der Waals surface area contributed by atoms with E-state index in [-0.39, 0.29) is 18.4 Å². The van der Waals surface area contributed by atoms with Crippen molar-refractivity contribution in [2.24, 2.45) is 0 Å². The van der Waals surface area contributed by atoms with Gasteiger partial charge in [-0.3, -0.25) is 14.5 Å². The van der Waals surface area contributed by atoms with Crippen LogP contribution in [0, 0.1) is 13.8 Å². The number of aryl methyl sites for hydroxylation is 2. The van der Waals surface area contributed by atoms with Crippen LogP contribution in [0.15, 0.2) is 59.6 Å². The second kappa shape index (κ2) is 8.88. The van der Waals surface area contributed by atoms with E-state index in [0.717, 1.165) is 27.3 Å². The van der Waals surface area contributed by atoms with E-state index in [2.05, 4.69) is 11.4 Å². The molecule has 0 saturated heterocycles. The molecule has 0 saturated carbocycles. The molecule has 0 atom stereocenters. The summed E-state index contributed by atoms with van der Waals surface area (Å²) in [6, 6.07) is 15.1. The third-order valence-corrected chi connectivity index (χ3v) is 6.10. The molecule has 164 valence electrons. The van der Waals surface area contributed by atoms with Gasteiger partial charge in [0.05, 0.1) is 26.3 Å². The fraction of sp³-hybridized carbons (Fsp3) is 0.200. The third kappa shape index (κ3) is 4.11. The van der Waals surface area contributed by atoms with E-state index in [4.69, 9.17) is 9.47 Å². The van der Waals surface area contributed by atoms with Gasteiger partial charge >= 0.3 is 0 Å². The van der Waals surface area contributed by atoms with Gasteiger partial charge in [-0.05, 0) is 66.2 Å². The van der Waals surface area contributed by atoms with Crippen LogP contribution in [-0.4, -0.2) is 30.9 Å². The molecule has 0 fully saturated rings. The number of amides is 2. The monoisotopic (exact) mass is 448 g/mol. The summed E-state index contributed by atoms with van der Waals surface area (Å²) in [5.41, 5.74) is 4.38. The maximum atomic E-state index is 13.4. The lowest BCUT2D eigenvalue weighted by atomic mass is 10.1. The van der Waals surface area contributed by atoms with E-state index < -0.39 is 0 Å². The van der Waals surface area contributed by atoms with Crippen molar-refractivity contribution >= 4 is 34.4 Å². The summed E-state index contributed by atoms with van der Waals surface area (Å²) in [6.45, 7) is 4.13. The van der Waals surface area contributed by atoms with Crippen LogP contribution < -0.4 is 14.8 Å². The SMILES string of the molecule is COc1ccc(CN2C(=O)C(Nc3cc(C)cc(C)c3)=C(c3cccs3)C2=O)cc1OC. The van der Waals surface area contributed by atoms with E-state index in [1.807, 2.05) is 49.6 Å². The molecule has 0 bridgehead atoms. The topological polar surface area (TPSA) is 67.9 Å². The lowest BCUT2D eigenvalue weighted by Crippen LogP contribution is -2.32. The van der Waals surface area contributed by atoms with Crippen LogP contribution in [0.25, 0.3) is 5.57 Å². The molecule has 0 aliphatic carbocycles. The largest absolute Gasteiger partial charge is 0.493 e. The molecule has 0 spiro atoms. The second-order valence-corrected chi connectivity index (χ2v) is 8.56. The lowest BCUT2D eigenvalue weighted by molar-refractivity contribution is -0.137. The molecule has 0 radical (unpaired) electrons. The average molecular weight is 449 g/mol. The van der Waals surface area contributed by atoms with Crippen LogP contribution in [0.3, 0.4) is 0 Å². The summed E-state index contributed by atoms with van der Waals surface area (Å²) in [5, 5.41) is 5.12. The van der Waals surface area contributed by atoms with Crippen molar-refractivity contribution in [3.63, 3.8) is 0 Å². The zero-order valence-electron chi connectivity index (χ0n) is 18.4. The zero-order valence-corrected chi connectivity index (χ0v) is 19.2. The Morgan fingerprint density at radius 1 is 0.906 bits per heavy atom. The summed E-state index contributed by atoms with van der Waals surface area (Å²) >= 11 is 1.43. The maximum absolute atomic E-state index is 13.4. The number of methoxy groups -OCH3 is 2. The van der Waals surface area contributed by atoms with Crippen molar-refractivity contribution < 1.29 is 19.1 Å². The lowest BCUT2D eigenvalue weighted by Gasteiger charge is -2.17. The van der Waals surface area contributed by atoms with Crippen LogP contribution >= 0.6 is 11.3 Å². The molecule has 1 N–H and O–H groups in total. The Morgan fingerprint density at radius 3 is 2.25 bits per heavy atom. The number of carbonyl (C=O) groups is 2. The number of hydrogen-bond acceptors (Lipinski definition) is 6. The van der Waals surface area contributed by atoms with Gasteiger partial charge in [-0.1, -0.05) is 18.2 Å². The van der Waals surface area contributed by atoms with E-state index in [1.54, 1.807) is 26.4 Å². The summed E-state index contributed by atoms with van der Waals surface area (Å²) < 4.78 is 10.6. The smallest absolute Gasteiger partial charge is 0.278 e. The Hall–Kier alpha value is -3.58. The van der Waals surface area contributed by atoms with Crippen LogP contribution in [-0.2, 0) is 16.1 Å². The maximum Gasteiger partial charge on any atom is 0.278 e. The highest BCUT2D eigenvalue weighted by molar-refractivity contribution is 7.11.